The Kier molecular flexibility index (Phi) is 3.93. The van der Waals surface area contributed by atoms with Crippen LogP contribution in [-0.2, 0) is 6.54 Å². The molecule has 0 aliphatic carbocycles. The van der Waals surface area contributed by atoms with E-state index in [0.717, 1.165) is 44.1 Å². The number of nitrogens with one attached hydrogen (secondary N) is 1. The molecule has 1 fully saturated rings. The Bertz CT molecular complexity index is 739. The minimum atomic E-state index is 0.958. The SMILES string of the molecule is c1csc(-c2nc3ccccn3c2CN2CCCNCC2)c1. The molecule has 22 heavy (non-hydrogen) atoms. The highest BCUT2D eigenvalue weighted by Crippen LogP contribution is 2.29. The molecular weight excluding hydrogens is 292 g/mol. The van der Waals surface area contributed by atoms with Crippen LogP contribution in [0, 0.1) is 0 Å². The van der Waals surface area contributed by atoms with E-state index in [1.807, 2.05) is 0 Å². The number of nitrogens with zero attached hydrogens (tertiary/aromatic N) is 3. The van der Waals surface area contributed by atoms with Crippen molar-refractivity contribution in [3.63, 3.8) is 0 Å². The third-order valence-electron chi connectivity index (χ3n) is 4.19. The standard InChI is InChI=1S/C17H20N4S/c1-2-10-21-14(13-20-9-4-7-18-8-11-20)17(19-16(21)6-1)15-5-3-12-22-15/h1-3,5-6,10,12,18H,4,7-9,11,13H2. The Morgan fingerprint density at radius 3 is 3.05 bits per heavy atom. The molecule has 3 aromatic heterocycles. The van der Waals surface area contributed by atoms with Crippen LogP contribution in [0.4, 0.5) is 0 Å². The van der Waals surface area contributed by atoms with Gasteiger partial charge in [-0.05, 0) is 43.1 Å². The lowest BCUT2D eigenvalue weighted by molar-refractivity contribution is 0.281. The summed E-state index contributed by atoms with van der Waals surface area (Å²) in [4.78, 5) is 8.67. The van der Waals surface area contributed by atoms with Crippen molar-refractivity contribution < 1.29 is 0 Å². The maximum absolute atomic E-state index is 4.88. The summed E-state index contributed by atoms with van der Waals surface area (Å²) in [6.07, 6.45) is 3.34. The van der Waals surface area contributed by atoms with Gasteiger partial charge >= 0.3 is 0 Å². The van der Waals surface area contributed by atoms with Crippen molar-refractivity contribution in [3.05, 3.63) is 47.6 Å². The molecule has 3 aromatic rings. The molecule has 0 atom stereocenters. The molecule has 0 bridgehead atoms. The minimum absolute atomic E-state index is 0.958. The average molecular weight is 312 g/mol. The van der Waals surface area contributed by atoms with Crippen molar-refractivity contribution in [2.45, 2.75) is 13.0 Å². The smallest absolute Gasteiger partial charge is 0.137 e. The molecule has 0 spiro atoms. The molecule has 4 rings (SSSR count). The van der Waals surface area contributed by atoms with Crippen LogP contribution < -0.4 is 5.32 Å². The number of pyridine rings is 1. The quantitative estimate of drug-likeness (QED) is 0.807. The van der Waals surface area contributed by atoms with E-state index in [2.05, 4.69) is 56.5 Å². The van der Waals surface area contributed by atoms with Crippen LogP contribution in [0.2, 0.25) is 0 Å². The molecule has 4 nitrogen and oxygen atoms in total. The highest BCUT2D eigenvalue weighted by atomic mass is 32.1. The average Bonchev–Trinajstić information content (AvgIpc) is 3.11. The number of imidazole rings is 1. The van der Waals surface area contributed by atoms with E-state index in [1.165, 1.54) is 17.0 Å². The van der Waals surface area contributed by atoms with Crippen LogP contribution in [0.3, 0.4) is 0 Å². The Balaban J connectivity index is 1.75. The summed E-state index contributed by atoms with van der Waals surface area (Å²) in [6.45, 7) is 5.41. The normalized spacial score (nSPS) is 16.9. The Hall–Kier alpha value is -1.69. The second-order valence-corrected chi connectivity index (χ2v) is 6.64. The summed E-state index contributed by atoms with van der Waals surface area (Å²) in [5, 5.41) is 5.60. The van der Waals surface area contributed by atoms with E-state index in [-0.39, 0.29) is 0 Å². The molecule has 4 heterocycles. The third-order valence-corrected chi connectivity index (χ3v) is 5.07. The summed E-state index contributed by atoms with van der Waals surface area (Å²) in [5.74, 6) is 0. The lowest BCUT2D eigenvalue weighted by Crippen LogP contribution is -2.28. The zero-order chi connectivity index (χ0) is 14.8. The van der Waals surface area contributed by atoms with Gasteiger partial charge in [0.1, 0.15) is 11.3 Å². The second-order valence-electron chi connectivity index (χ2n) is 5.69. The zero-order valence-electron chi connectivity index (χ0n) is 12.5. The second kappa shape index (κ2) is 6.20. The molecule has 0 amide bonds. The van der Waals surface area contributed by atoms with E-state index in [0.29, 0.717) is 0 Å². The van der Waals surface area contributed by atoms with E-state index < -0.39 is 0 Å². The first kappa shape index (κ1) is 13.9. The summed E-state index contributed by atoms with van der Waals surface area (Å²) >= 11 is 1.76. The van der Waals surface area contributed by atoms with Crippen LogP contribution >= 0.6 is 11.3 Å². The molecule has 0 radical (unpaired) electrons. The van der Waals surface area contributed by atoms with Gasteiger partial charge in [-0.1, -0.05) is 12.1 Å². The first-order valence-corrected chi connectivity index (χ1v) is 8.73. The summed E-state index contributed by atoms with van der Waals surface area (Å²) in [5.41, 5.74) is 3.48. The van der Waals surface area contributed by atoms with Crippen LogP contribution in [0.15, 0.2) is 41.9 Å². The summed E-state index contributed by atoms with van der Waals surface area (Å²) in [6, 6.07) is 10.5. The predicted molar refractivity (Wildman–Crippen MR) is 91.3 cm³/mol. The van der Waals surface area contributed by atoms with E-state index in [4.69, 9.17) is 4.98 Å². The van der Waals surface area contributed by atoms with E-state index >= 15 is 0 Å². The highest BCUT2D eigenvalue weighted by molar-refractivity contribution is 7.13. The largest absolute Gasteiger partial charge is 0.315 e. The molecule has 0 unspecified atom stereocenters. The maximum Gasteiger partial charge on any atom is 0.137 e. The van der Waals surface area contributed by atoms with Crippen molar-refractivity contribution in [1.82, 2.24) is 19.6 Å². The molecule has 1 N–H and O–H groups in total. The van der Waals surface area contributed by atoms with Crippen LogP contribution in [0.5, 0.6) is 0 Å². The van der Waals surface area contributed by atoms with Crippen molar-refractivity contribution in [2.75, 3.05) is 26.2 Å². The van der Waals surface area contributed by atoms with Gasteiger partial charge in [-0.3, -0.25) is 4.90 Å². The fraction of sp³-hybridized carbons (Fsp3) is 0.353. The summed E-state index contributed by atoms with van der Waals surface area (Å²) in [7, 11) is 0. The highest BCUT2D eigenvalue weighted by Gasteiger charge is 2.18. The van der Waals surface area contributed by atoms with Gasteiger partial charge in [-0.2, -0.15) is 0 Å². The molecule has 1 aliphatic heterocycles. The van der Waals surface area contributed by atoms with E-state index in [9.17, 15) is 0 Å². The lowest BCUT2D eigenvalue weighted by atomic mass is 10.2. The fourth-order valence-electron chi connectivity index (χ4n) is 3.08. The maximum atomic E-state index is 4.88. The van der Waals surface area contributed by atoms with Gasteiger partial charge in [-0.15, -0.1) is 11.3 Å². The predicted octanol–water partition coefficient (Wildman–Crippen LogP) is 2.86. The number of hydrogen-bond acceptors (Lipinski definition) is 4. The number of rotatable bonds is 3. The first-order valence-electron chi connectivity index (χ1n) is 7.85. The van der Waals surface area contributed by atoms with Gasteiger partial charge in [0.15, 0.2) is 0 Å². The van der Waals surface area contributed by atoms with Crippen molar-refractivity contribution >= 4 is 17.0 Å². The number of hydrogen-bond donors (Lipinski definition) is 1. The molecule has 0 saturated carbocycles. The van der Waals surface area contributed by atoms with Gasteiger partial charge < -0.3 is 9.72 Å². The van der Waals surface area contributed by atoms with Gasteiger partial charge in [0.05, 0.1) is 10.6 Å². The Morgan fingerprint density at radius 1 is 1.14 bits per heavy atom. The number of fused-ring (bicyclic) bond motifs is 1. The molecule has 5 heteroatoms. The molecular formula is C17H20N4S. The van der Waals surface area contributed by atoms with Gasteiger partial charge in [0, 0.05) is 25.8 Å². The topological polar surface area (TPSA) is 32.6 Å². The van der Waals surface area contributed by atoms with Crippen LogP contribution in [-0.4, -0.2) is 40.5 Å². The van der Waals surface area contributed by atoms with Gasteiger partial charge in [0.2, 0.25) is 0 Å². The number of aromatic nitrogens is 2. The van der Waals surface area contributed by atoms with Gasteiger partial charge in [-0.25, -0.2) is 4.98 Å². The van der Waals surface area contributed by atoms with Crippen LogP contribution in [0.25, 0.3) is 16.2 Å². The lowest BCUT2D eigenvalue weighted by Gasteiger charge is -2.19. The van der Waals surface area contributed by atoms with Crippen molar-refractivity contribution in [1.29, 1.82) is 0 Å². The van der Waals surface area contributed by atoms with Crippen molar-refractivity contribution in [2.24, 2.45) is 0 Å². The monoisotopic (exact) mass is 312 g/mol. The fourth-order valence-corrected chi connectivity index (χ4v) is 3.82. The molecule has 114 valence electrons. The minimum Gasteiger partial charge on any atom is -0.315 e. The molecule has 1 aliphatic rings. The molecule has 1 saturated heterocycles. The van der Waals surface area contributed by atoms with Gasteiger partial charge in [0.25, 0.3) is 0 Å². The third kappa shape index (κ3) is 2.67. The van der Waals surface area contributed by atoms with E-state index in [1.54, 1.807) is 11.3 Å². The summed E-state index contributed by atoms with van der Waals surface area (Å²) < 4.78 is 2.24. The van der Waals surface area contributed by atoms with Crippen molar-refractivity contribution in [3.8, 4) is 10.6 Å². The zero-order valence-corrected chi connectivity index (χ0v) is 13.4. The Labute approximate surface area is 134 Å². The Morgan fingerprint density at radius 2 is 2.14 bits per heavy atom. The molecule has 0 aromatic carbocycles. The number of thiophene rings is 1. The first-order chi connectivity index (χ1) is 10.9. The van der Waals surface area contributed by atoms with Crippen LogP contribution in [0.1, 0.15) is 12.1 Å².